The monoisotopic (exact) mass is 391 g/mol. The Morgan fingerprint density at radius 2 is 2.00 bits per heavy atom. The van der Waals surface area contributed by atoms with Crippen LogP contribution in [-0.4, -0.2) is 25.2 Å². The van der Waals surface area contributed by atoms with Gasteiger partial charge in [0.05, 0.1) is 29.1 Å². The Hall–Kier alpha value is -4.14. The van der Waals surface area contributed by atoms with Gasteiger partial charge in [-0.25, -0.2) is 4.68 Å². The van der Waals surface area contributed by atoms with Crippen molar-refractivity contribution >= 4 is 11.6 Å². The maximum atomic E-state index is 12.8. The van der Waals surface area contributed by atoms with Crippen molar-refractivity contribution in [3.63, 3.8) is 0 Å². The quantitative estimate of drug-likeness (QED) is 0.401. The highest BCUT2D eigenvalue weighted by molar-refractivity contribution is 5.94. The summed E-state index contributed by atoms with van der Waals surface area (Å²) in [7, 11) is 1.89. The van der Waals surface area contributed by atoms with Crippen LogP contribution in [0.5, 0.6) is 0 Å². The molecule has 146 valence electrons. The molecule has 9 nitrogen and oxygen atoms in total. The van der Waals surface area contributed by atoms with Gasteiger partial charge < -0.3 is 14.3 Å². The molecule has 3 aromatic heterocycles. The first-order valence-electron chi connectivity index (χ1n) is 8.80. The summed E-state index contributed by atoms with van der Waals surface area (Å²) in [6.45, 7) is 0.233. The molecule has 0 bridgehead atoms. The number of carbonyl (C=O) groups excluding carboxylic acids is 1. The van der Waals surface area contributed by atoms with Gasteiger partial charge in [-0.3, -0.25) is 14.9 Å². The summed E-state index contributed by atoms with van der Waals surface area (Å²) >= 11 is 0. The first-order chi connectivity index (χ1) is 14.0. The molecule has 0 aliphatic rings. The number of rotatable bonds is 6. The molecule has 1 aromatic carbocycles. The van der Waals surface area contributed by atoms with Gasteiger partial charge in [-0.05, 0) is 42.5 Å². The van der Waals surface area contributed by atoms with Crippen LogP contribution < -0.4 is 5.32 Å². The molecule has 4 aromatic rings. The highest BCUT2D eigenvalue weighted by Gasteiger charge is 2.19. The van der Waals surface area contributed by atoms with Crippen molar-refractivity contribution in [3.05, 3.63) is 88.6 Å². The van der Waals surface area contributed by atoms with Crippen LogP contribution >= 0.6 is 0 Å². The number of aryl methyl sites for hydroxylation is 1. The minimum Gasteiger partial charge on any atom is -0.467 e. The van der Waals surface area contributed by atoms with Crippen LogP contribution in [0.25, 0.3) is 17.1 Å². The van der Waals surface area contributed by atoms with Crippen LogP contribution in [0.15, 0.2) is 71.5 Å². The molecule has 1 N–H and O–H groups in total. The predicted octanol–water partition coefficient (Wildman–Crippen LogP) is 3.31. The maximum absolute atomic E-state index is 12.8. The molecule has 29 heavy (non-hydrogen) atoms. The molecule has 9 heteroatoms. The van der Waals surface area contributed by atoms with Crippen LogP contribution in [0.1, 0.15) is 16.2 Å². The molecule has 0 aliphatic heterocycles. The topological polar surface area (TPSA) is 108 Å². The summed E-state index contributed by atoms with van der Waals surface area (Å²) in [5.41, 5.74) is 2.26. The van der Waals surface area contributed by atoms with Gasteiger partial charge >= 0.3 is 0 Å². The number of non-ortho nitro benzene ring substituents is 1. The van der Waals surface area contributed by atoms with E-state index in [-0.39, 0.29) is 18.1 Å². The normalized spacial score (nSPS) is 10.8. The fourth-order valence-electron chi connectivity index (χ4n) is 2.98. The molecule has 3 heterocycles. The van der Waals surface area contributed by atoms with E-state index >= 15 is 0 Å². The lowest BCUT2D eigenvalue weighted by atomic mass is 10.2. The standard InChI is InChI=1S/C20H17N5O4/c1-23-10-2-5-18(23)17-12-19(20(26)21-13-16-4-3-11-29-16)24(22-17)14-6-8-15(9-7-14)25(27)28/h2-12H,13H2,1H3,(H,21,26). The summed E-state index contributed by atoms with van der Waals surface area (Å²) in [4.78, 5) is 23.3. The van der Waals surface area contributed by atoms with Crippen molar-refractivity contribution in [2.24, 2.45) is 7.05 Å². The van der Waals surface area contributed by atoms with E-state index < -0.39 is 4.92 Å². The summed E-state index contributed by atoms with van der Waals surface area (Å²) in [5, 5.41) is 18.3. The number of carbonyl (C=O) groups is 1. The molecule has 0 radical (unpaired) electrons. The number of nitrogens with one attached hydrogen (secondary N) is 1. The van der Waals surface area contributed by atoms with Crippen LogP contribution in [0.4, 0.5) is 5.69 Å². The number of benzene rings is 1. The lowest BCUT2D eigenvalue weighted by Crippen LogP contribution is -2.25. The van der Waals surface area contributed by atoms with Gasteiger partial charge in [0.2, 0.25) is 0 Å². The number of amides is 1. The Labute approximate surface area is 165 Å². The largest absolute Gasteiger partial charge is 0.467 e. The van der Waals surface area contributed by atoms with Gasteiger partial charge in [-0.1, -0.05) is 0 Å². The van der Waals surface area contributed by atoms with E-state index in [1.807, 2.05) is 29.9 Å². The third-order valence-electron chi connectivity index (χ3n) is 4.46. The summed E-state index contributed by atoms with van der Waals surface area (Å²) in [6, 6.07) is 14.9. The predicted molar refractivity (Wildman–Crippen MR) is 105 cm³/mol. The van der Waals surface area contributed by atoms with E-state index in [1.54, 1.807) is 30.3 Å². The minimum absolute atomic E-state index is 0.0348. The van der Waals surface area contributed by atoms with Crippen LogP contribution in [0.3, 0.4) is 0 Å². The number of nitro benzene ring substituents is 1. The molecule has 0 saturated carbocycles. The number of furan rings is 1. The van der Waals surface area contributed by atoms with E-state index in [0.29, 0.717) is 22.8 Å². The maximum Gasteiger partial charge on any atom is 0.270 e. The van der Waals surface area contributed by atoms with E-state index in [4.69, 9.17) is 4.42 Å². The van der Waals surface area contributed by atoms with Crippen LogP contribution in [0, 0.1) is 10.1 Å². The van der Waals surface area contributed by atoms with Crippen molar-refractivity contribution in [2.75, 3.05) is 0 Å². The second-order valence-corrected chi connectivity index (χ2v) is 6.37. The molecule has 4 rings (SSSR count). The molecule has 0 spiro atoms. The molecule has 0 fully saturated rings. The first kappa shape index (κ1) is 18.2. The lowest BCUT2D eigenvalue weighted by Gasteiger charge is -2.07. The molecule has 0 unspecified atom stereocenters. The molecular weight excluding hydrogens is 374 g/mol. The van der Waals surface area contributed by atoms with Gasteiger partial charge in [-0.2, -0.15) is 5.10 Å². The second-order valence-electron chi connectivity index (χ2n) is 6.37. The van der Waals surface area contributed by atoms with Crippen molar-refractivity contribution < 1.29 is 14.1 Å². The van der Waals surface area contributed by atoms with Crippen molar-refractivity contribution in [3.8, 4) is 17.1 Å². The Bertz CT molecular complexity index is 1160. The zero-order chi connectivity index (χ0) is 20.4. The highest BCUT2D eigenvalue weighted by atomic mass is 16.6. The van der Waals surface area contributed by atoms with E-state index in [2.05, 4.69) is 10.4 Å². The molecule has 0 atom stereocenters. The van der Waals surface area contributed by atoms with Gasteiger partial charge in [0.25, 0.3) is 11.6 Å². The Kier molecular flexibility index (Phi) is 4.70. The molecule has 1 amide bonds. The Morgan fingerprint density at radius 1 is 1.21 bits per heavy atom. The first-order valence-corrected chi connectivity index (χ1v) is 8.80. The summed E-state index contributed by atoms with van der Waals surface area (Å²) in [6.07, 6.45) is 3.42. The van der Waals surface area contributed by atoms with E-state index in [9.17, 15) is 14.9 Å². The van der Waals surface area contributed by atoms with Gasteiger partial charge in [0.15, 0.2) is 0 Å². The summed E-state index contributed by atoms with van der Waals surface area (Å²) in [5.74, 6) is 0.287. The fourth-order valence-corrected chi connectivity index (χ4v) is 2.98. The third kappa shape index (κ3) is 3.65. The summed E-state index contributed by atoms with van der Waals surface area (Å²) < 4.78 is 8.62. The second kappa shape index (κ2) is 7.47. The minimum atomic E-state index is -0.473. The van der Waals surface area contributed by atoms with Crippen molar-refractivity contribution in [1.82, 2.24) is 19.7 Å². The van der Waals surface area contributed by atoms with Crippen LogP contribution in [-0.2, 0) is 13.6 Å². The van der Waals surface area contributed by atoms with Gasteiger partial charge in [-0.15, -0.1) is 0 Å². The fraction of sp³-hybridized carbons (Fsp3) is 0.100. The SMILES string of the molecule is Cn1cccc1-c1cc(C(=O)NCc2ccco2)n(-c2ccc([N+](=O)[O-])cc2)n1. The Morgan fingerprint density at radius 3 is 2.62 bits per heavy atom. The van der Waals surface area contributed by atoms with E-state index in [0.717, 1.165) is 5.69 Å². The lowest BCUT2D eigenvalue weighted by molar-refractivity contribution is -0.384. The number of nitrogens with zero attached hydrogens (tertiary/aromatic N) is 4. The zero-order valence-corrected chi connectivity index (χ0v) is 15.5. The average molecular weight is 391 g/mol. The highest BCUT2D eigenvalue weighted by Crippen LogP contribution is 2.23. The number of hydrogen-bond donors (Lipinski definition) is 1. The van der Waals surface area contributed by atoms with Gasteiger partial charge in [0.1, 0.15) is 17.1 Å². The number of aromatic nitrogens is 3. The average Bonchev–Trinajstić information content (AvgIpc) is 3.46. The van der Waals surface area contributed by atoms with Crippen molar-refractivity contribution in [2.45, 2.75) is 6.54 Å². The smallest absolute Gasteiger partial charge is 0.270 e. The Balaban J connectivity index is 1.71. The molecule has 0 aliphatic carbocycles. The van der Waals surface area contributed by atoms with Crippen molar-refractivity contribution in [1.29, 1.82) is 0 Å². The number of hydrogen-bond acceptors (Lipinski definition) is 5. The third-order valence-corrected chi connectivity index (χ3v) is 4.46. The number of nitro groups is 1. The van der Waals surface area contributed by atoms with E-state index in [1.165, 1.54) is 23.1 Å². The molecular formula is C20H17N5O4. The molecule has 0 saturated heterocycles. The van der Waals surface area contributed by atoms with Crippen LogP contribution in [0.2, 0.25) is 0 Å². The zero-order valence-electron chi connectivity index (χ0n) is 15.5. The van der Waals surface area contributed by atoms with Gasteiger partial charge in [0, 0.05) is 25.4 Å².